The number of thioether (sulfide) groups is 1. The van der Waals surface area contributed by atoms with E-state index in [0.717, 1.165) is 4.90 Å². The number of hydrogen-bond donors (Lipinski definition) is 4. The summed E-state index contributed by atoms with van der Waals surface area (Å²) in [7, 11) is 3.02. The van der Waals surface area contributed by atoms with Crippen molar-refractivity contribution in [2.75, 3.05) is 24.9 Å². The summed E-state index contributed by atoms with van der Waals surface area (Å²) >= 11 is 1.33. The molecule has 220 valence electrons. The summed E-state index contributed by atoms with van der Waals surface area (Å²) in [6, 6.07) is 27.1. The van der Waals surface area contributed by atoms with Crippen LogP contribution >= 0.6 is 11.8 Å². The van der Waals surface area contributed by atoms with E-state index < -0.39 is 17.1 Å². The topological polar surface area (TPSA) is 126 Å². The van der Waals surface area contributed by atoms with Gasteiger partial charge in [-0.1, -0.05) is 24.3 Å². The van der Waals surface area contributed by atoms with Gasteiger partial charge in [-0.3, -0.25) is 14.4 Å². The molecule has 0 saturated carbocycles. The van der Waals surface area contributed by atoms with Crippen LogP contribution in [-0.2, 0) is 9.59 Å². The molecule has 0 aromatic heterocycles. The van der Waals surface area contributed by atoms with Crippen molar-refractivity contribution in [2.45, 2.75) is 17.1 Å². The molecule has 0 aliphatic carbocycles. The highest BCUT2D eigenvalue weighted by molar-refractivity contribution is 8.00. The van der Waals surface area contributed by atoms with Crippen LogP contribution in [0.15, 0.2) is 108 Å². The van der Waals surface area contributed by atoms with Crippen molar-refractivity contribution in [3.05, 3.63) is 114 Å². The molecule has 0 aliphatic heterocycles. The molecule has 1 unspecified atom stereocenters. The van der Waals surface area contributed by atoms with Crippen molar-refractivity contribution in [3.8, 4) is 17.2 Å². The van der Waals surface area contributed by atoms with E-state index in [1.165, 1.54) is 37.1 Å². The zero-order valence-electron chi connectivity index (χ0n) is 23.8. The highest BCUT2D eigenvalue weighted by Gasteiger charge is 2.18. The first-order valence-electron chi connectivity index (χ1n) is 13.2. The minimum atomic E-state index is -0.577. The molecule has 0 aliphatic rings. The van der Waals surface area contributed by atoms with Crippen molar-refractivity contribution >= 4 is 46.9 Å². The molecule has 0 bridgehead atoms. The van der Waals surface area contributed by atoms with Gasteiger partial charge in [0.1, 0.15) is 22.9 Å². The smallest absolute Gasteiger partial charge is 0.272 e. The number of anilines is 2. The summed E-state index contributed by atoms with van der Waals surface area (Å²) in [6.45, 7) is 1.79. The van der Waals surface area contributed by atoms with Crippen LogP contribution in [0, 0.1) is 0 Å². The molecular weight excluding hydrogens is 566 g/mol. The van der Waals surface area contributed by atoms with Crippen LogP contribution in [0.2, 0.25) is 0 Å². The third kappa shape index (κ3) is 8.64. The van der Waals surface area contributed by atoms with Crippen molar-refractivity contribution in [3.63, 3.8) is 0 Å². The number of carbonyl (C=O) groups is 3. The Labute approximate surface area is 253 Å². The van der Waals surface area contributed by atoms with E-state index in [0.29, 0.717) is 34.0 Å². The zero-order chi connectivity index (χ0) is 30.8. The van der Waals surface area contributed by atoms with Crippen molar-refractivity contribution in [1.82, 2.24) is 5.32 Å². The largest absolute Gasteiger partial charge is 0.508 e. The normalized spacial score (nSPS) is 11.7. The van der Waals surface area contributed by atoms with E-state index in [9.17, 15) is 19.5 Å². The summed E-state index contributed by atoms with van der Waals surface area (Å²) in [5, 5.41) is 17.8. The molecule has 0 heterocycles. The number of aromatic hydroxyl groups is 1. The predicted molar refractivity (Wildman–Crippen MR) is 169 cm³/mol. The van der Waals surface area contributed by atoms with Crippen LogP contribution in [0.1, 0.15) is 22.8 Å². The van der Waals surface area contributed by atoms with Gasteiger partial charge in [-0.15, -0.1) is 11.8 Å². The number of benzene rings is 4. The molecule has 1 atom stereocenters. The Kier molecular flexibility index (Phi) is 10.4. The Hall–Kier alpha value is -5.22. The number of nitrogens with one attached hydrogen (secondary N) is 3. The minimum absolute atomic E-state index is 0.00505. The molecule has 0 saturated heterocycles. The van der Waals surface area contributed by atoms with Gasteiger partial charge >= 0.3 is 0 Å². The molecule has 43 heavy (non-hydrogen) atoms. The lowest BCUT2D eigenvalue weighted by Crippen LogP contribution is -2.30. The van der Waals surface area contributed by atoms with Crippen molar-refractivity contribution in [1.29, 1.82) is 0 Å². The fourth-order valence-electron chi connectivity index (χ4n) is 3.94. The zero-order valence-corrected chi connectivity index (χ0v) is 24.6. The van der Waals surface area contributed by atoms with E-state index in [-0.39, 0.29) is 17.4 Å². The highest BCUT2D eigenvalue weighted by atomic mass is 32.2. The van der Waals surface area contributed by atoms with Gasteiger partial charge in [0.25, 0.3) is 11.8 Å². The number of rotatable bonds is 11. The first-order chi connectivity index (χ1) is 20.7. The lowest BCUT2D eigenvalue weighted by molar-refractivity contribution is -0.115. The van der Waals surface area contributed by atoms with Gasteiger partial charge in [0.05, 0.1) is 19.5 Å². The summed E-state index contributed by atoms with van der Waals surface area (Å²) < 4.78 is 10.5. The number of amides is 3. The molecule has 0 spiro atoms. The van der Waals surface area contributed by atoms with E-state index in [1.807, 2.05) is 6.07 Å². The van der Waals surface area contributed by atoms with Crippen LogP contribution in [0.25, 0.3) is 6.08 Å². The van der Waals surface area contributed by atoms with Crippen LogP contribution in [0.5, 0.6) is 17.2 Å². The summed E-state index contributed by atoms with van der Waals surface area (Å²) in [4.78, 5) is 40.0. The number of phenols is 1. The van der Waals surface area contributed by atoms with Gasteiger partial charge in [-0.25, -0.2) is 0 Å². The first-order valence-corrected chi connectivity index (χ1v) is 14.1. The van der Waals surface area contributed by atoms with Crippen LogP contribution < -0.4 is 25.4 Å². The molecule has 9 nitrogen and oxygen atoms in total. The summed E-state index contributed by atoms with van der Waals surface area (Å²) in [6.07, 6.45) is 1.47. The maximum absolute atomic E-state index is 13.5. The van der Waals surface area contributed by atoms with Crippen molar-refractivity contribution < 1.29 is 29.0 Å². The standard InChI is InChI=1S/C33H31N3O6S/c1-21(31(38)34-24-13-16-27(41-2)17-14-24)43-28-11-7-10-25(19-28)35-33(40)29(36-32(39)22-8-5-4-6-9-22)18-23-12-15-26(37)20-30(23)42-3/h4-21,37H,1-3H3,(H,34,38)(H,35,40)(H,36,39)/b29-18+. The number of ether oxygens (including phenoxy) is 2. The Morgan fingerprint density at radius 1 is 0.814 bits per heavy atom. The van der Waals surface area contributed by atoms with Gasteiger partial charge < -0.3 is 30.5 Å². The Morgan fingerprint density at radius 3 is 2.26 bits per heavy atom. The molecule has 3 amide bonds. The SMILES string of the molecule is COc1ccc(NC(=O)C(C)Sc2cccc(NC(=O)/C(=C\c3ccc(O)cc3OC)NC(=O)c3ccccc3)c2)cc1. The molecule has 0 fully saturated rings. The van der Waals surface area contributed by atoms with Gasteiger partial charge in [-0.2, -0.15) is 0 Å². The monoisotopic (exact) mass is 597 g/mol. The lowest BCUT2D eigenvalue weighted by atomic mass is 10.1. The van der Waals surface area contributed by atoms with Crippen LogP contribution in [0.3, 0.4) is 0 Å². The minimum Gasteiger partial charge on any atom is -0.508 e. The maximum atomic E-state index is 13.5. The Bertz CT molecular complexity index is 1620. The van der Waals surface area contributed by atoms with Crippen molar-refractivity contribution in [2.24, 2.45) is 0 Å². The number of methoxy groups -OCH3 is 2. The second-order valence-electron chi connectivity index (χ2n) is 9.26. The Morgan fingerprint density at radius 2 is 1.56 bits per heavy atom. The molecule has 0 radical (unpaired) electrons. The van der Waals surface area contributed by atoms with Gasteiger partial charge in [0, 0.05) is 33.5 Å². The molecule has 4 rings (SSSR count). The average Bonchev–Trinajstić information content (AvgIpc) is 3.02. The summed E-state index contributed by atoms with van der Waals surface area (Å²) in [5.41, 5.74) is 1.93. The first kappa shape index (κ1) is 30.7. The van der Waals surface area contributed by atoms with E-state index in [4.69, 9.17) is 9.47 Å². The third-order valence-corrected chi connectivity index (χ3v) is 7.27. The number of phenolic OH excluding ortho intramolecular Hbond substituents is 1. The van der Waals surface area contributed by atoms with Gasteiger partial charge in [0.15, 0.2) is 0 Å². The van der Waals surface area contributed by atoms with E-state index in [1.54, 1.807) is 92.9 Å². The fourth-order valence-corrected chi connectivity index (χ4v) is 4.86. The molecule has 4 N–H and O–H groups in total. The van der Waals surface area contributed by atoms with Gasteiger partial charge in [0.2, 0.25) is 5.91 Å². The summed E-state index contributed by atoms with van der Waals surface area (Å²) in [5.74, 6) is -0.220. The quantitative estimate of drug-likeness (QED) is 0.125. The fraction of sp³-hybridized carbons (Fsp3) is 0.121. The second kappa shape index (κ2) is 14.6. The average molecular weight is 598 g/mol. The maximum Gasteiger partial charge on any atom is 0.272 e. The van der Waals surface area contributed by atoms with Crippen LogP contribution in [0.4, 0.5) is 11.4 Å². The third-order valence-electron chi connectivity index (χ3n) is 6.18. The lowest BCUT2D eigenvalue weighted by Gasteiger charge is -2.15. The Balaban J connectivity index is 1.50. The highest BCUT2D eigenvalue weighted by Crippen LogP contribution is 2.28. The molecule has 4 aromatic carbocycles. The molecular formula is C33H31N3O6S. The molecule has 4 aromatic rings. The van der Waals surface area contributed by atoms with Crippen LogP contribution in [-0.4, -0.2) is 42.3 Å². The molecule has 10 heteroatoms. The number of hydrogen-bond acceptors (Lipinski definition) is 7. The van der Waals surface area contributed by atoms with Gasteiger partial charge in [-0.05, 0) is 79.7 Å². The predicted octanol–water partition coefficient (Wildman–Crippen LogP) is 5.94. The van der Waals surface area contributed by atoms with E-state index in [2.05, 4.69) is 16.0 Å². The number of carbonyl (C=O) groups excluding carboxylic acids is 3. The van der Waals surface area contributed by atoms with E-state index >= 15 is 0 Å². The second-order valence-corrected chi connectivity index (χ2v) is 10.7.